The molecule has 1 amide bonds. The molecule has 0 radical (unpaired) electrons. The van der Waals surface area contributed by atoms with Crippen molar-refractivity contribution in [2.24, 2.45) is 0 Å². The van der Waals surface area contributed by atoms with E-state index in [1.54, 1.807) is 43.3 Å². The lowest BCUT2D eigenvalue weighted by Crippen LogP contribution is -2.38. The molecule has 2 aromatic rings. The van der Waals surface area contributed by atoms with E-state index in [-0.39, 0.29) is 23.6 Å². The lowest BCUT2D eigenvalue weighted by Gasteiger charge is -2.23. The minimum Gasteiger partial charge on any atom is -0.506 e. The van der Waals surface area contributed by atoms with E-state index in [1.807, 2.05) is 20.8 Å². The molecule has 0 saturated carbocycles. The summed E-state index contributed by atoms with van der Waals surface area (Å²) in [6, 6.07) is 11.1. The van der Waals surface area contributed by atoms with Gasteiger partial charge >= 0.3 is 0 Å². The second-order valence-electron chi connectivity index (χ2n) is 8.06. The van der Waals surface area contributed by atoms with Gasteiger partial charge in [0.2, 0.25) is 0 Å². The normalized spacial score (nSPS) is 13.6. The molecule has 0 fully saturated rings. The maximum absolute atomic E-state index is 12.5. The van der Waals surface area contributed by atoms with Crippen molar-refractivity contribution >= 4 is 11.6 Å². The van der Waals surface area contributed by atoms with Crippen LogP contribution < -0.4 is 15.4 Å². The molecular formula is C22H30N2O5. The Bertz CT molecular complexity index is 813. The van der Waals surface area contributed by atoms with Crippen molar-refractivity contribution in [3.05, 3.63) is 53.6 Å². The van der Waals surface area contributed by atoms with Crippen LogP contribution in [-0.4, -0.2) is 46.0 Å². The van der Waals surface area contributed by atoms with Crippen molar-refractivity contribution in [1.29, 1.82) is 0 Å². The van der Waals surface area contributed by atoms with E-state index in [0.29, 0.717) is 23.4 Å². The predicted octanol–water partition coefficient (Wildman–Crippen LogP) is 2.83. The van der Waals surface area contributed by atoms with Crippen LogP contribution in [0, 0.1) is 0 Å². The fourth-order valence-electron chi connectivity index (χ4n) is 2.50. The summed E-state index contributed by atoms with van der Waals surface area (Å²) in [5, 5.41) is 35.6. The summed E-state index contributed by atoms with van der Waals surface area (Å²) in [6.45, 7) is 8.14. The summed E-state index contributed by atoms with van der Waals surface area (Å²) in [5.74, 6) is 0.0542. The van der Waals surface area contributed by atoms with E-state index < -0.39 is 18.1 Å². The third-order valence-electron chi connectivity index (χ3n) is 4.09. The number of aliphatic hydroxyl groups is 2. The zero-order valence-electron chi connectivity index (χ0n) is 17.3. The van der Waals surface area contributed by atoms with Gasteiger partial charge in [-0.05, 0) is 69.7 Å². The number of phenols is 1. The molecule has 158 valence electrons. The quantitative estimate of drug-likeness (QED) is 0.434. The second-order valence-corrected chi connectivity index (χ2v) is 8.06. The number of anilines is 1. The Kier molecular flexibility index (Phi) is 7.61. The molecule has 7 heteroatoms. The molecule has 0 heterocycles. The predicted molar refractivity (Wildman–Crippen MR) is 112 cm³/mol. The molecule has 7 nitrogen and oxygen atoms in total. The fourth-order valence-corrected chi connectivity index (χ4v) is 2.50. The number of carbonyl (C=O) groups excluding carboxylic acids is 1. The molecule has 2 unspecified atom stereocenters. The van der Waals surface area contributed by atoms with Crippen molar-refractivity contribution < 1.29 is 24.9 Å². The molecule has 0 aliphatic carbocycles. The van der Waals surface area contributed by atoms with Crippen molar-refractivity contribution in [3.8, 4) is 11.5 Å². The van der Waals surface area contributed by atoms with E-state index in [4.69, 9.17) is 4.74 Å². The van der Waals surface area contributed by atoms with E-state index >= 15 is 0 Å². The van der Waals surface area contributed by atoms with Crippen molar-refractivity contribution in [2.45, 2.75) is 45.4 Å². The van der Waals surface area contributed by atoms with E-state index in [1.165, 1.54) is 6.07 Å². The Morgan fingerprint density at radius 2 is 1.76 bits per heavy atom. The number of benzene rings is 2. The van der Waals surface area contributed by atoms with Crippen LogP contribution in [0.4, 0.5) is 5.69 Å². The number of aliphatic hydroxyl groups excluding tert-OH is 2. The number of amides is 1. The van der Waals surface area contributed by atoms with Gasteiger partial charge in [0.15, 0.2) is 0 Å². The van der Waals surface area contributed by atoms with Gasteiger partial charge < -0.3 is 30.7 Å². The molecule has 0 aliphatic heterocycles. The highest BCUT2D eigenvalue weighted by atomic mass is 16.5. The Morgan fingerprint density at radius 3 is 2.34 bits per heavy atom. The molecule has 0 bridgehead atoms. The monoisotopic (exact) mass is 402 g/mol. The average Bonchev–Trinajstić information content (AvgIpc) is 2.66. The molecule has 0 aromatic heterocycles. The number of rotatable bonds is 8. The topological polar surface area (TPSA) is 111 Å². The molecule has 2 rings (SSSR count). The maximum atomic E-state index is 12.5. The summed E-state index contributed by atoms with van der Waals surface area (Å²) in [5.41, 5.74) is 1.04. The summed E-state index contributed by atoms with van der Waals surface area (Å²) in [7, 11) is 0. The molecule has 0 spiro atoms. The van der Waals surface area contributed by atoms with Crippen LogP contribution in [0.3, 0.4) is 0 Å². The number of aromatic hydroxyl groups is 1. The van der Waals surface area contributed by atoms with E-state index in [2.05, 4.69) is 10.6 Å². The number of carbonyl (C=O) groups is 1. The first-order valence-electron chi connectivity index (χ1n) is 9.53. The Balaban J connectivity index is 2.05. The molecule has 2 aromatic carbocycles. The number of hydrogen-bond donors (Lipinski definition) is 5. The van der Waals surface area contributed by atoms with Gasteiger partial charge in [0.05, 0.1) is 17.9 Å². The highest BCUT2D eigenvalue weighted by molar-refractivity contribution is 6.05. The Hall–Kier alpha value is -2.61. The lowest BCUT2D eigenvalue weighted by atomic mass is 10.0. The van der Waals surface area contributed by atoms with E-state index in [9.17, 15) is 20.1 Å². The second kappa shape index (κ2) is 9.73. The smallest absolute Gasteiger partial charge is 0.255 e. The van der Waals surface area contributed by atoms with Gasteiger partial charge in [-0.3, -0.25) is 4.79 Å². The van der Waals surface area contributed by atoms with Gasteiger partial charge in [-0.2, -0.15) is 0 Å². The standard InChI is InChI=1S/C22H30N2O5/c1-14(25)13-29-17-8-5-15(6-9-17)21(28)24-18-11-16(7-10-19(18)26)20(27)12-23-22(2,3)4/h5-11,14,20,23,25-27H,12-13H2,1-4H3,(H,24,28). The van der Waals surface area contributed by atoms with Crippen LogP contribution >= 0.6 is 0 Å². The molecule has 0 aliphatic rings. The summed E-state index contributed by atoms with van der Waals surface area (Å²) >= 11 is 0. The first-order valence-corrected chi connectivity index (χ1v) is 9.53. The Labute approximate surface area is 171 Å². The molecule has 5 N–H and O–H groups in total. The lowest BCUT2D eigenvalue weighted by molar-refractivity contribution is 0.102. The maximum Gasteiger partial charge on any atom is 0.255 e. The molecule has 29 heavy (non-hydrogen) atoms. The van der Waals surface area contributed by atoms with Crippen LogP contribution in [0.1, 0.15) is 49.7 Å². The third kappa shape index (κ3) is 7.38. The first kappa shape index (κ1) is 22.7. The third-order valence-corrected chi connectivity index (χ3v) is 4.09. The largest absolute Gasteiger partial charge is 0.506 e. The number of β-amino-alcohol motifs (C(OH)–C–C–N with tert-alkyl or cyclic N) is 1. The molecule has 2 atom stereocenters. The Morgan fingerprint density at radius 1 is 1.10 bits per heavy atom. The van der Waals surface area contributed by atoms with Crippen molar-refractivity contribution in [3.63, 3.8) is 0 Å². The SMILES string of the molecule is CC(O)COc1ccc(C(=O)Nc2cc(C(O)CNC(C)(C)C)ccc2O)cc1. The molecular weight excluding hydrogens is 372 g/mol. The van der Waals surface area contributed by atoms with Gasteiger partial charge in [0.1, 0.15) is 18.1 Å². The fraction of sp³-hybridized carbons (Fsp3) is 0.409. The summed E-state index contributed by atoms with van der Waals surface area (Å²) in [6.07, 6.45) is -1.36. The van der Waals surface area contributed by atoms with Crippen molar-refractivity contribution in [2.75, 3.05) is 18.5 Å². The minimum absolute atomic E-state index is 0.0880. The molecule has 0 saturated heterocycles. The van der Waals surface area contributed by atoms with Gasteiger partial charge in [0.25, 0.3) is 5.91 Å². The number of nitrogens with one attached hydrogen (secondary N) is 2. The van der Waals surface area contributed by atoms with Crippen LogP contribution in [0.15, 0.2) is 42.5 Å². The van der Waals surface area contributed by atoms with Gasteiger partial charge in [0, 0.05) is 17.6 Å². The van der Waals surface area contributed by atoms with Crippen LogP contribution in [0.5, 0.6) is 11.5 Å². The van der Waals surface area contributed by atoms with Gasteiger partial charge in [-0.25, -0.2) is 0 Å². The summed E-state index contributed by atoms with van der Waals surface area (Å²) in [4.78, 5) is 12.5. The highest BCUT2D eigenvalue weighted by Crippen LogP contribution is 2.28. The number of ether oxygens (including phenoxy) is 1. The summed E-state index contributed by atoms with van der Waals surface area (Å²) < 4.78 is 5.37. The van der Waals surface area contributed by atoms with Crippen molar-refractivity contribution in [1.82, 2.24) is 5.32 Å². The van der Waals surface area contributed by atoms with Crippen LogP contribution in [-0.2, 0) is 0 Å². The zero-order valence-corrected chi connectivity index (χ0v) is 17.3. The average molecular weight is 402 g/mol. The highest BCUT2D eigenvalue weighted by Gasteiger charge is 2.16. The number of hydrogen-bond acceptors (Lipinski definition) is 6. The van der Waals surface area contributed by atoms with Gasteiger partial charge in [-0.15, -0.1) is 0 Å². The zero-order chi connectivity index (χ0) is 21.6. The van der Waals surface area contributed by atoms with E-state index in [0.717, 1.165) is 0 Å². The minimum atomic E-state index is -0.782. The van der Waals surface area contributed by atoms with Gasteiger partial charge in [-0.1, -0.05) is 6.07 Å². The van der Waals surface area contributed by atoms with Crippen LogP contribution in [0.25, 0.3) is 0 Å². The first-order chi connectivity index (χ1) is 13.5. The van der Waals surface area contributed by atoms with Crippen LogP contribution in [0.2, 0.25) is 0 Å². The number of phenolic OH excluding ortho intramolecular Hbond substituents is 1.